The van der Waals surface area contributed by atoms with Gasteiger partial charge in [-0.25, -0.2) is 8.42 Å². The van der Waals surface area contributed by atoms with E-state index in [2.05, 4.69) is 4.90 Å². The maximum absolute atomic E-state index is 13.2. The van der Waals surface area contributed by atoms with Gasteiger partial charge in [0.2, 0.25) is 10.0 Å². The Kier molecular flexibility index (Phi) is 4.32. The van der Waals surface area contributed by atoms with Crippen molar-refractivity contribution in [2.75, 3.05) is 19.6 Å². The molecule has 1 amide bonds. The van der Waals surface area contributed by atoms with Crippen LogP contribution in [0.4, 0.5) is 0 Å². The van der Waals surface area contributed by atoms with Gasteiger partial charge in [-0.05, 0) is 87.0 Å². The minimum atomic E-state index is -3.42. The van der Waals surface area contributed by atoms with Crippen LogP contribution in [-0.4, -0.2) is 49.2 Å². The predicted octanol–water partition coefficient (Wildman–Crippen LogP) is 3.12. The van der Waals surface area contributed by atoms with E-state index in [1.165, 1.54) is 19.3 Å². The highest BCUT2D eigenvalue weighted by atomic mass is 32.2. The Morgan fingerprint density at radius 3 is 2.07 bits per heavy atom. The molecule has 3 aliphatic heterocycles. The molecule has 0 aromatic heterocycles. The van der Waals surface area contributed by atoms with E-state index in [9.17, 15) is 13.2 Å². The monoisotopic (exact) mass is 388 g/mol. The number of amides is 1. The van der Waals surface area contributed by atoms with Crippen molar-refractivity contribution in [3.05, 3.63) is 29.8 Å². The summed E-state index contributed by atoms with van der Waals surface area (Å²) in [6.45, 7) is 2.08. The molecule has 1 aromatic rings. The fourth-order valence-electron chi connectivity index (χ4n) is 6.05. The predicted molar refractivity (Wildman–Crippen MR) is 103 cm³/mol. The van der Waals surface area contributed by atoms with Crippen molar-refractivity contribution in [2.45, 2.75) is 55.9 Å². The molecule has 1 aromatic carbocycles. The minimum Gasteiger partial charge on any atom is -0.335 e. The highest BCUT2D eigenvalue weighted by Crippen LogP contribution is 2.47. The molecule has 0 spiro atoms. The number of hydrogen-bond acceptors (Lipinski definition) is 3. The first-order chi connectivity index (χ1) is 13.0. The van der Waals surface area contributed by atoms with E-state index in [4.69, 9.17) is 0 Å². The highest BCUT2D eigenvalue weighted by Gasteiger charge is 2.44. The number of hydrogen-bond donors (Lipinski definition) is 0. The Bertz CT molecular complexity index is 815. The lowest BCUT2D eigenvalue weighted by atomic mass is 9.68. The van der Waals surface area contributed by atoms with Crippen LogP contribution in [0.15, 0.2) is 29.2 Å². The molecule has 4 bridgehead atoms. The molecular formula is C21H28N2O3S. The molecule has 2 saturated carbocycles. The smallest absolute Gasteiger partial charge is 0.254 e. The number of fused-ring (bicyclic) bond motifs is 1. The van der Waals surface area contributed by atoms with Gasteiger partial charge >= 0.3 is 0 Å². The number of rotatable bonds is 3. The van der Waals surface area contributed by atoms with E-state index in [0.29, 0.717) is 35.5 Å². The minimum absolute atomic E-state index is 0.0818. The van der Waals surface area contributed by atoms with Gasteiger partial charge in [0.15, 0.2) is 0 Å². The molecule has 6 rings (SSSR count). The number of nitrogens with zero attached hydrogens (tertiary/aromatic N) is 2. The number of benzene rings is 1. The zero-order valence-electron chi connectivity index (χ0n) is 15.7. The Balaban J connectivity index is 1.36. The van der Waals surface area contributed by atoms with E-state index in [1.807, 2.05) is 0 Å². The zero-order valence-corrected chi connectivity index (χ0v) is 16.5. The maximum Gasteiger partial charge on any atom is 0.254 e. The number of sulfonamides is 1. The van der Waals surface area contributed by atoms with Crippen molar-refractivity contribution in [1.82, 2.24) is 9.21 Å². The van der Waals surface area contributed by atoms with Crippen molar-refractivity contribution >= 4 is 15.9 Å². The van der Waals surface area contributed by atoms with Crippen LogP contribution in [0.25, 0.3) is 0 Å². The summed E-state index contributed by atoms with van der Waals surface area (Å²) >= 11 is 0. The molecule has 146 valence electrons. The van der Waals surface area contributed by atoms with Gasteiger partial charge in [-0.1, -0.05) is 0 Å². The Hall–Kier alpha value is -1.40. The fraction of sp³-hybridized carbons (Fsp3) is 0.667. The molecule has 0 radical (unpaired) electrons. The summed E-state index contributed by atoms with van der Waals surface area (Å²) in [4.78, 5) is 15.6. The van der Waals surface area contributed by atoms with Gasteiger partial charge in [0.25, 0.3) is 5.91 Å². The maximum atomic E-state index is 13.2. The first kappa shape index (κ1) is 17.7. The van der Waals surface area contributed by atoms with Crippen molar-refractivity contribution < 1.29 is 13.2 Å². The average molecular weight is 389 g/mol. The first-order valence-corrected chi connectivity index (χ1v) is 11.9. The second-order valence-electron chi connectivity index (χ2n) is 9.02. The summed E-state index contributed by atoms with van der Waals surface area (Å²) < 4.78 is 26.9. The first-order valence-electron chi connectivity index (χ1n) is 10.4. The van der Waals surface area contributed by atoms with Crippen molar-refractivity contribution in [3.8, 4) is 0 Å². The summed E-state index contributed by atoms with van der Waals surface area (Å²) in [5, 5.41) is 0. The summed E-state index contributed by atoms with van der Waals surface area (Å²) in [5.41, 5.74) is 0.622. The fourth-order valence-corrected chi connectivity index (χ4v) is 7.56. The van der Waals surface area contributed by atoms with Crippen LogP contribution in [0.3, 0.4) is 0 Å². The van der Waals surface area contributed by atoms with Crippen molar-refractivity contribution in [1.29, 1.82) is 0 Å². The lowest BCUT2D eigenvalue weighted by Crippen LogP contribution is -2.42. The average Bonchev–Trinajstić information content (AvgIpc) is 3.13. The molecule has 5 nitrogen and oxygen atoms in total. The number of carbonyl (C=O) groups excluding carboxylic acids is 1. The largest absolute Gasteiger partial charge is 0.335 e. The molecule has 5 aliphatic rings. The van der Waals surface area contributed by atoms with Gasteiger partial charge in [-0.2, -0.15) is 4.31 Å². The molecule has 3 saturated heterocycles. The molecule has 5 fully saturated rings. The van der Waals surface area contributed by atoms with Crippen LogP contribution in [0, 0.1) is 17.8 Å². The SMILES string of the molecule is O=C(c1ccc(S(=O)(=O)N2CCCC2)cc1)N1CC2CC3CC(C2)CC1C3. The van der Waals surface area contributed by atoms with E-state index in [1.54, 1.807) is 28.6 Å². The van der Waals surface area contributed by atoms with Gasteiger partial charge in [0.1, 0.15) is 0 Å². The van der Waals surface area contributed by atoms with Crippen LogP contribution >= 0.6 is 0 Å². The van der Waals surface area contributed by atoms with Gasteiger partial charge < -0.3 is 4.90 Å². The van der Waals surface area contributed by atoms with E-state index >= 15 is 0 Å². The highest BCUT2D eigenvalue weighted by molar-refractivity contribution is 7.89. The van der Waals surface area contributed by atoms with E-state index in [0.717, 1.165) is 44.1 Å². The van der Waals surface area contributed by atoms with Crippen molar-refractivity contribution in [3.63, 3.8) is 0 Å². The second kappa shape index (κ2) is 6.59. The van der Waals surface area contributed by atoms with Gasteiger partial charge in [0, 0.05) is 31.2 Å². The molecule has 3 heterocycles. The Morgan fingerprint density at radius 2 is 1.44 bits per heavy atom. The lowest BCUT2D eigenvalue weighted by molar-refractivity contribution is 0.0632. The van der Waals surface area contributed by atoms with Gasteiger partial charge in [-0.3, -0.25) is 4.79 Å². The molecule has 27 heavy (non-hydrogen) atoms. The molecule has 2 aliphatic carbocycles. The standard InChI is InChI=1S/C21H28N2O3S/c24-21(23-14-17-10-15-9-16(11-17)13-19(23)12-15)18-3-5-20(6-4-18)27(25,26)22-7-1-2-8-22/h3-6,15-17,19H,1-2,7-14H2. The van der Waals surface area contributed by atoms with Gasteiger partial charge in [0.05, 0.1) is 4.90 Å². The second-order valence-corrected chi connectivity index (χ2v) is 11.0. The summed E-state index contributed by atoms with van der Waals surface area (Å²) in [6.07, 6.45) is 8.08. The van der Waals surface area contributed by atoms with Crippen molar-refractivity contribution in [2.24, 2.45) is 17.8 Å². The third kappa shape index (κ3) is 3.11. The van der Waals surface area contributed by atoms with Crippen LogP contribution < -0.4 is 0 Å². The quantitative estimate of drug-likeness (QED) is 0.799. The summed E-state index contributed by atoms with van der Waals surface area (Å²) in [7, 11) is -3.42. The summed E-state index contributed by atoms with van der Waals surface area (Å²) in [5.74, 6) is 2.34. The third-order valence-corrected chi connectivity index (χ3v) is 9.08. The molecular weight excluding hydrogens is 360 g/mol. The molecule has 0 N–H and O–H groups in total. The molecule has 2 atom stereocenters. The van der Waals surface area contributed by atoms with Crippen LogP contribution in [0.5, 0.6) is 0 Å². The lowest BCUT2D eigenvalue weighted by Gasteiger charge is -2.39. The molecule has 2 unspecified atom stereocenters. The van der Waals surface area contributed by atoms with Crippen LogP contribution in [0.2, 0.25) is 0 Å². The third-order valence-electron chi connectivity index (χ3n) is 7.17. The van der Waals surface area contributed by atoms with Crippen LogP contribution in [0.1, 0.15) is 55.3 Å². The zero-order chi connectivity index (χ0) is 18.6. The Morgan fingerprint density at radius 1 is 0.852 bits per heavy atom. The number of carbonyl (C=O) groups is 1. The normalized spacial score (nSPS) is 33.4. The van der Waals surface area contributed by atoms with Crippen LogP contribution in [-0.2, 0) is 10.0 Å². The topological polar surface area (TPSA) is 57.7 Å². The Labute approximate surface area is 161 Å². The molecule has 6 heteroatoms. The van der Waals surface area contributed by atoms with E-state index in [-0.39, 0.29) is 5.91 Å². The van der Waals surface area contributed by atoms with Gasteiger partial charge in [-0.15, -0.1) is 0 Å². The summed E-state index contributed by atoms with van der Waals surface area (Å²) in [6, 6.07) is 7.02. The van der Waals surface area contributed by atoms with E-state index < -0.39 is 10.0 Å².